The lowest BCUT2D eigenvalue weighted by Gasteiger charge is -2.17. The minimum atomic E-state index is -1.44. The average Bonchev–Trinajstić information content (AvgIpc) is 3.21. The molecular weight excluding hydrogens is 645 g/mol. The lowest BCUT2D eigenvalue weighted by atomic mass is 9.89. The van der Waals surface area contributed by atoms with E-state index in [-0.39, 0.29) is 0 Å². The molecule has 8 rings (SSSR count). The van der Waals surface area contributed by atoms with Gasteiger partial charge in [0.1, 0.15) is 0 Å². The summed E-state index contributed by atoms with van der Waals surface area (Å²) in [6.45, 7) is 7.13. The number of aromatic nitrogens is 2. The van der Waals surface area contributed by atoms with Crippen LogP contribution >= 0.6 is 0 Å². The Morgan fingerprint density at radius 2 is 0.731 bits per heavy atom. The van der Waals surface area contributed by atoms with Gasteiger partial charge in [-0.1, -0.05) is 201 Å². The van der Waals surface area contributed by atoms with Crippen molar-refractivity contribution in [3.63, 3.8) is 0 Å². The van der Waals surface area contributed by atoms with Gasteiger partial charge >= 0.3 is 0 Å². The third kappa shape index (κ3) is 6.92. The number of rotatable bonds is 8. The molecule has 0 saturated heterocycles. The van der Waals surface area contributed by atoms with Gasteiger partial charge in [-0.3, -0.25) is 0 Å². The van der Waals surface area contributed by atoms with Gasteiger partial charge in [0.2, 0.25) is 0 Å². The molecule has 0 aliphatic carbocycles. The van der Waals surface area contributed by atoms with Crippen LogP contribution in [-0.4, -0.2) is 18.0 Å². The average molecular weight is 685 g/mol. The van der Waals surface area contributed by atoms with Gasteiger partial charge in [0.15, 0.2) is 5.82 Å². The molecule has 0 N–H and O–H groups in total. The first-order valence-electron chi connectivity index (χ1n) is 17.9. The first-order chi connectivity index (χ1) is 25.4. The van der Waals surface area contributed by atoms with Crippen LogP contribution in [0.3, 0.4) is 0 Å². The Morgan fingerprint density at radius 3 is 1.31 bits per heavy atom. The molecule has 0 fully saturated rings. The maximum atomic E-state index is 5.18. The highest BCUT2D eigenvalue weighted by Crippen LogP contribution is 2.39. The summed E-state index contributed by atoms with van der Waals surface area (Å²) < 4.78 is 0. The molecule has 2 nitrogen and oxygen atoms in total. The highest BCUT2D eigenvalue weighted by molar-refractivity contribution is 6.88. The molecule has 0 atom stereocenters. The Bertz CT molecular complexity index is 2460. The van der Waals surface area contributed by atoms with E-state index in [1.807, 2.05) is 0 Å². The quantitative estimate of drug-likeness (QED) is 0.149. The summed E-state index contributed by atoms with van der Waals surface area (Å²) in [5.74, 6) is 0.728. The van der Waals surface area contributed by atoms with Crippen molar-refractivity contribution in [3.05, 3.63) is 188 Å². The molecule has 250 valence electrons. The Morgan fingerprint density at radius 1 is 0.308 bits per heavy atom. The van der Waals surface area contributed by atoms with E-state index in [1.165, 1.54) is 38.6 Å². The highest BCUT2D eigenvalue weighted by Gasteiger charge is 2.18. The van der Waals surface area contributed by atoms with E-state index < -0.39 is 8.07 Å². The smallest absolute Gasteiger partial charge is 0.160 e. The van der Waals surface area contributed by atoms with E-state index in [1.54, 1.807) is 0 Å². The molecule has 0 aliphatic rings. The maximum absolute atomic E-state index is 5.18. The Kier molecular flexibility index (Phi) is 9.03. The SMILES string of the molecule is C[Si](C)(C)c1ccc(-c2nc(-c3ccc(-c4ccccc4-c4ccccc4-c4ccccc4)cc3)cc(-c3cccc(-c4ccccc4)c3)n2)cc1. The highest BCUT2D eigenvalue weighted by atomic mass is 28.3. The second-order valence-electron chi connectivity index (χ2n) is 14.3. The maximum Gasteiger partial charge on any atom is 0.160 e. The van der Waals surface area contributed by atoms with Crippen molar-refractivity contribution in [2.45, 2.75) is 19.6 Å². The van der Waals surface area contributed by atoms with E-state index in [2.05, 4.69) is 208 Å². The number of benzene rings is 7. The van der Waals surface area contributed by atoms with Gasteiger partial charge < -0.3 is 0 Å². The fourth-order valence-electron chi connectivity index (χ4n) is 6.86. The number of hydrogen-bond donors (Lipinski definition) is 0. The predicted octanol–water partition coefficient (Wildman–Crippen LogP) is 12.7. The van der Waals surface area contributed by atoms with E-state index in [9.17, 15) is 0 Å². The van der Waals surface area contributed by atoms with Crippen molar-refractivity contribution >= 4 is 13.3 Å². The van der Waals surface area contributed by atoms with Crippen molar-refractivity contribution < 1.29 is 0 Å². The first-order valence-corrected chi connectivity index (χ1v) is 21.4. The second-order valence-corrected chi connectivity index (χ2v) is 19.3. The van der Waals surface area contributed by atoms with Crippen LogP contribution in [0.5, 0.6) is 0 Å². The van der Waals surface area contributed by atoms with Crippen molar-refractivity contribution in [1.82, 2.24) is 9.97 Å². The summed E-state index contributed by atoms with van der Waals surface area (Å²) in [4.78, 5) is 10.4. The van der Waals surface area contributed by atoms with Gasteiger partial charge in [0, 0.05) is 16.7 Å². The Hall–Kier alpha value is -6.16. The topological polar surface area (TPSA) is 25.8 Å². The van der Waals surface area contributed by atoms with E-state index in [0.717, 1.165) is 45.0 Å². The summed E-state index contributed by atoms with van der Waals surface area (Å²) >= 11 is 0. The molecule has 52 heavy (non-hydrogen) atoms. The fraction of sp³-hybridized carbons (Fsp3) is 0.0612. The van der Waals surface area contributed by atoms with Gasteiger partial charge in [-0.15, -0.1) is 0 Å². The van der Waals surface area contributed by atoms with Crippen molar-refractivity contribution in [3.8, 4) is 78.4 Å². The summed E-state index contributed by atoms with van der Waals surface area (Å²) in [7, 11) is -1.44. The summed E-state index contributed by atoms with van der Waals surface area (Å²) in [6, 6.07) is 67.0. The van der Waals surface area contributed by atoms with Gasteiger partial charge in [-0.25, -0.2) is 9.97 Å². The molecule has 0 spiro atoms. The van der Waals surface area contributed by atoms with Crippen molar-refractivity contribution in [2.75, 3.05) is 0 Å². The standard InChI is InChI=1S/C49H40N2Si/c1-52(2,3)42-31-29-39(30-32-42)49-50-47(34-48(51-49)41-20-14-19-40(33-41)35-15-6-4-7-16-35)38-27-25-37(26-28-38)44-22-11-13-24-46(44)45-23-12-10-21-43(45)36-17-8-5-9-18-36/h4-34H,1-3H3. The van der Waals surface area contributed by atoms with Crippen molar-refractivity contribution in [2.24, 2.45) is 0 Å². The summed E-state index contributed by atoms with van der Waals surface area (Å²) in [6.07, 6.45) is 0. The van der Waals surface area contributed by atoms with Crippen LogP contribution in [0, 0.1) is 0 Å². The molecule has 0 saturated carbocycles. The fourth-order valence-corrected chi connectivity index (χ4v) is 8.02. The van der Waals surface area contributed by atoms with Crippen LogP contribution in [0.1, 0.15) is 0 Å². The molecule has 1 heterocycles. The minimum Gasteiger partial charge on any atom is -0.228 e. The van der Waals surface area contributed by atoms with E-state index in [4.69, 9.17) is 9.97 Å². The molecule has 0 unspecified atom stereocenters. The van der Waals surface area contributed by atoms with E-state index in [0.29, 0.717) is 0 Å². The lowest BCUT2D eigenvalue weighted by molar-refractivity contribution is 1.18. The molecule has 0 amide bonds. The van der Waals surface area contributed by atoms with Gasteiger partial charge in [0.05, 0.1) is 19.5 Å². The largest absolute Gasteiger partial charge is 0.228 e. The van der Waals surface area contributed by atoms with Gasteiger partial charge in [-0.05, 0) is 56.6 Å². The Balaban J connectivity index is 1.20. The normalized spacial score (nSPS) is 11.4. The number of nitrogens with zero attached hydrogens (tertiary/aromatic N) is 2. The molecule has 0 bridgehead atoms. The van der Waals surface area contributed by atoms with Gasteiger partial charge in [-0.2, -0.15) is 0 Å². The third-order valence-electron chi connectivity index (χ3n) is 9.72. The monoisotopic (exact) mass is 684 g/mol. The van der Waals surface area contributed by atoms with Crippen LogP contribution in [0.4, 0.5) is 0 Å². The van der Waals surface area contributed by atoms with Crippen LogP contribution in [0.25, 0.3) is 78.4 Å². The molecule has 0 aliphatic heterocycles. The second kappa shape index (κ2) is 14.2. The molecule has 7 aromatic carbocycles. The van der Waals surface area contributed by atoms with E-state index >= 15 is 0 Å². The Labute approximate surface area is 308 Å². The zero-order chi connectivity index (χ0) is 35.5. The zero-order valence-electron chi connectivity index (χ0n) is 29.8. The van der Waals surface area contributed by atoms with Crippen LogP contribution in [0.2, 0.25) is 19.6 Å². The summed E-state index contributed by atoms with van der Waals surface area (Å²) in [5, 5.41) is 1.42. The first kappa shape index (κ1) is 33.0. The predicted molar refractivity (Wildman–Crippen MR) is 223 cm³/mol. The molecule has 0 radical (unpaired) electrons. The van der Waals surface area contributed by atoms with Crippen LogP contribution in [-0.2, 0) is 0 Å². The third-order valence-corrected chi connectivity index (χ3v) is 11.8. The molecular formula is C49H40N2Si. The number of hydrogen-bond acceptors (Lipinski definition) is 2. The molecule has 3 heteroatoms. The van der Waals surface area contributed by atoms with Gasteiger partial charge in [0.25, 0.3) is 0 Å². The molecule has 1 aromatic heterocycles. The van der Waals surface area contributed by atoms with Crippen LogP contribution in [0.15, 0.2) is 188 Å². The zero-order valence-corrected chi connectivity index (χ0v) is 30.8. The molecule has 8 aromatic rings. The lowest BCUT2D eigenvalue weighted by Crippen LogP contribution is -2.37. The van der Waals surface area contributed by atoms with Crippen LogP contribution < -0.4 is 5.19 Å². The minimum absolute atomic E-state index is 0.728. The summed E-state index contributed by atoms with van der Waals surface area (Å²) in [5.41, 5.74) is 14.5. The van der Waals surface area contributed by atoms with Crippen molar-refractivity contribution in [1.29, 1.82) is 0 Å².